The lowest BCUT2D eigenvalue weighted by molar-refractivity contribution is -0.0134. The second-order valence-corrected chi connectivity index (χ2v) is 4.96. The highest BCUT2D eigenvalue weighted by Gasteiger charge is 2.23. The van der Waals surface area contributed by atoms with Gasteiger partial charge in [-0.15, -0.1) is 0 Å². The molecular formula is C14H21NO2. The molecule has 2 rings (SSSR count). The van der Waals surface area contributed by atoms with Crippen LogP contribution >= 0.6 is 0 Å². The summed E-state index contributed by atoms with van der Waals surface area (Å²) < 4.78 is 5.22. The van der Waals surface area contributed by atoms with Crippen LogP contribution in [-0.4, -0.2) is 30.5 Å². The Morgan fingerprint density at radius 1 is 1.41 bits per heavy atom. The van der Waals surface area contributed by atoms with Crippen molar-refractivity contribution in [3.8, 4) is 0 Å². The zero-order chi connectivity index (χ0) is 12.3. The Hall–Kier alpha value is -1.06. The van der Waals surface area contributed by atoms with Crippen LogP contribution in [0, 0.1) is 0 Å². The second-order valence-electron chi connectivity index (χ2n) is 4.96. The van der Waals surface area contributed by atoms with Crippen LogP contribution in [0.3, 0.4) is 0 Å². The Morgan fingerprint density at radius 2 is 2.24 bits per heavy atom. The van der Waals surface area contributed by atoms with E-state index < -0.39 is 6.10 Å². The van der Waals surface area contributed by atoms with Crippen LogP contribution in [0.15, 0.2) is 24.3 Å². The van der Waals surface area contributed by atoms with Crippen LogP contribution in [0.1, 0.15) is 31.7 Å². The van der Waals surface area contributed by atoms with Gasteiger partial charge in [0, 0.05) is 12.3 Å². The number of ether oxygens (including phenoxy) is 1. The van der Waals surface area contributed by atoms with E-state index in [0.717, 1.165) is 18.7 Å². The Bertz CT molecular complexity index is 365. The predicted molar refractivity (Wildman–Crippen MR) is 69.4 cm³/mol. The average molecular weight is 235 g/mol. The van der Waals surface area contributed by atoms with Gasteiger partial charge in [0.2, 0.25) is 0 Å². The van der Waals surface area contributed by atoms with Gasteiger partial charge in [-0.05, 0) is 30.0 Å². The number of hydrogen-bond acceptors (Lipinski definition) is 3. The number of aliphatic hydroxyl groups is 1. The van der Waals surface area contributed by atoms with Crippen LogP contribution in [0.5, 0.6) is 0 Å². The van der Waals surface area contributed by atoms with Crippen molar-refractivity contribution in [1.29, 1.82) is 0 Å². The van der Waals surface area contributed by atoms with Gasteiger partial charge in [-0.25, -0.2) is 0 Å². The minimum absolute atomic E-state index is 0.103. The first-order chi connectivity index (χ1) is 8.16. The third kappa shape index (κ3) is 3.20. The van der Waals surface area contributed by atoms with E-state index in [2.05, 4.69) is 37.4 Å². The van der Waals surface area contributed by atoms with Crippen molar-refractivity contribution in [2.45, 2.75) is 38.3 Å². The number of aliphatic hydroxyl groups excluding tert-OH is 1. The van der Waals surface area contributed by atoms with Crippen LogP contribution in [-0.2, 0) is 4.74 Å². The van der Waals surface area contributed by atoms with Gasteiger partial charge in [-0.1, -0.05) is 26.0 Å². The van der Waals surface area contributed by atoms with Crippen molar-refractivity contribution in [2.24, 2.45) is 0 Å². The molecule has 0 bridgehead atoms. The van der Waals surface area contributed by atoms with E-state index in [1.54, 1.807) is 0 Å². The fourth-order valence-corrected chi connectivity index (χ4v) is 2.09. The second kappa shape index (κ2) is 5.52. The molecule has 0 aliphatic carbocycles. The van der Waals surface area contributed by atoms with E-state index in [4.69, 9.17) is 4.74 Å². The molecule has 2 N–H and O–H groups in total. The number of nitrogens with one attached hydrogen (secondary N) is 1. The molecule has 1 aromatic carbocycles. The maximum atomic E-state index is 9.82. The summed E-state index contributed by atoms with van der Waals surface area (Å²) in [5.41, 5.74) is 2.40. The van der Waals surface area contributed by atoms with E-state index in [1.165, 1.54) is 5.56 Å². The normalized spacial score (nSPS) is 24.9. The van der Waals surface area contributed by atoms with Gasteiger partial charge in [0.05, 0.1) is 18.8 Å². The van der Waals surface area contributed by atoms with Crippen molar-refractivity contribution in [1.82, 2.24) is 0 Å². The van der Waals surface area contributed by atoms with Gasteiger partial charge in [0.15, 0.2) is 0 Å². The lowest BCUT2D eigenvalue weighted by Gasteiger charge is -2.29. The first-order valence-corrected chi connectivity index (χ1v) is 6.29. The highest BCUT2D eigenvalue weighted by Crippen LogP contribution is 2.21. The molecule has 1 fully saturated rings. The SMILES string of the molecule is CC(C)c1cccc(NC2CCOCC2O)c1. The van der Waals surface area contributed by atoms with Crippen LogP contribution < -0.4 is 5.32 Å². The molecule has 3 nitrogen and oxygen atoms in total. The molecule has 17 heavy (non-hydrogen) atoms. The molecule has 3 heteroatoms. The van der Waals surface area contributed by atoms with Gasteiger partial charge in [0.25, 0.3) is 0 Å². The summed E-state index contributed by atoms with van der Waals surface area (Å²) in [6, 6.07) is 8.51. The lowest BCUT2D eigenvalue weighted by Crippen LogP contribution is -2.41. The van der Waals surface area contributed by atoms with Gasteiger partial charge in [0.1, 0.15) is 0 Å². The molecule has 1 heterocycles. The Labute approximate surface area is 103 Å². The minimum Gasteiger partial charge on any atom is -0.389 e. The van der Waals surface area contributed by atoms with Gasteiger partial charge in [-0.3, -0.25) is 0 Å². The van der Waals surface area contributed by atoms with Crippen molar-refractivity contribution < 1.29 is 9.84 Å². The van der Waals surface area contributed by atoms with E-state index in [1.807, 2.05) is 6.07 Å². The molecule has 0 aromatic heterocycles. The van der Waals surface area contributed by atoms with Crippen molar-refractivity contribution in [3.63, 3.8) is 0 Å². The molecule has 94 valence electrons. The molecule has 1 aliphatic heterocycles. The average Bonchev–Trinajstić information content (AvgIpc) is 2.32. The summed E-state index contributed by atoms with van der Waals surface area (Å²) in [6.07, 6.45) is 0.444. The van der Waals surface area contributed by atoms with E-state index in [0.29, 0.717) is 12.5 Å². The zero-order valence-corrected chi connectivity index (χ0v) is 10.5. The van der Waals surface area contributed by atoms with E-state index in [9.17, 15) is 5.11 Å². The third-order valence-corrected chi connectivity index (χ3v) is 3.23. The third-order valence-electron chi connectivity index (χ3n) is 3.23. The maximum absolute atomic E-state index is 9.82. The molecule has 2 atom stereocenters. The summed E-state index contributed by atoms with van der Waals surface area (Å²) in [5.74, 6) is 0.524. The Balaban J connectivity index is 2.04. The van der Waals surface area contributed by atoms with Gasteiger partial charge in [-0.2, -0.15) is 0 Å². The summed E-state index contributed by atoms with van der Waals surface area (Å²) in [5, 5.41) is 13.2. The predicted octanol–water partition coefficient (Wildman–Crippen LogP) is 2.37. The van der Waals surface area contributed by atoms with E-state index in [-0.39, 0.29) is 6.04 Å². The summed E-state index contributed by atoms with van der Waals surface area (Å²) in [7, 11) is 0. The Morgan fingerprint density at radius 3 is 2.94 bits per heavy atom. The van der Waals surface area contributed by atoms with Gasteiger partial charge < -0.3 is 15.2 Å². The Kier molecular flexibility index (Phi) is 4.02. The van der Waals surface area contributed by atoms with Crippen molar-refractivity contribution >= 4 is 5.69 Å². The summed E-state index contributed by atoms with van der Waals surface area (Å²) >= 11 is 0. The maximum Gasteiger partial charge on any atom is 0.0974 e. The first-order valence-electron chi connectivity index (χ1n) is 6.29. The number of benzene rings is 1. The molecule has 1 aliphatic rings. The molecule has 1 saturated heterocycles. The van der Waals surface area contributed by atoms with Crippen LogP contribution in [0.2, 0.25) is 0 Å². The van der Waals surface area contributed by atoms with Crippen LogP contribution in [0.25, 0.3) is 0 Å². The fraction of sp³-hybridized carbons (Fsp3) is 0.571. The molecule has 0 amide bonds. The molecule has 0 spiro atoms. The smallest absolute Gasteiger partial charge is 0.0974 e. The molecule has 1 aromatic rings. The summed E-state index contributed by atoms with van der Waals surface area (Å²) in [6.45, 7) is 5.52. The van der Waals surface area contributed by atoms with Crippen molar-refractivity contribution in [3.05, 3.63) is 29.8 Å². The molecular weight excluding hydrogens is 214 g/mol. The molecule has 0 radical (unpaired) electrons. The molecule has 0 saturated carbocycles. The topological polar surface area (TPSA) is 41.5 Å². The standard InChI is InChI=1S/C14H21NO2/c1-10(2)11-4-3-5-12(8-11)15-13-6-7-17-9-14(13)16/h3-5,8,10,13-16H,6-7,9H2,1-2H3. The molecule has 2 unspecified atom stereocenters. The number of rotatable bonds is 3. The largest absolute Gasteiger partial charge is 0.389 e. The van der Waals surface area contributed by atoms with E-state index >= 15 is 0 Å². The number of anilines is 1. The first kappa shape index (κ1) is 12.4. The fourth-order valence-electron chi connectivity index (χ4n) is 2.09. The lowest BCUT2D eigenvalue weighted by atomic mass is 10.0. The van der Waals surface area contributed by atoms with Crippen LogP contribution in [0.4, 0.5) is 5.69 Å². The highest BCUT2D eigenvalue weighted by molar-refractivity contribution is 5.47. The summed E-state index contributed by atoms with van der Waals surface area (Å²) in [4.78, 5) is 0. The quantitative estimate of drug-likeness (QED) is 0.845. The highest BCUT2D eigenvalue weighted by atomic mass is 16.5. The minimum atomic E-state index is -0.411. The zero-order valence-electron chi connectivity index (χ0n) is 10.5. The monoisotopic (exact) mass is 235 g/mol. The van der Waals surface area contributed by atoms with Gasteiger partial charge >= 0.3 is 0 Å². The van der Waals surface area contributed by atoms with Crippen molar-refractivity contribution in [2.75, 3.05) is 18.5 Å². The number of hydrogen-bond donors (Lipinski definition) is 2.